The van der Waals surface area contributed by atoms with Gasteiger partial charge in [-0.05, 0) is 47.5 Å². The van der Waals surface area contributed by atoms with Gasteiger partial charge in [0, 0.05) is 17.8 Å². The van der Waals surface area contributed by atoms with Gasteiger partial charge >= 0.3 is 0 Å². The largest absolute Gasteiger partial charge is 0.497 e. The number of halogens is 1. The number of methoxy groups -OCH3 is 1. The highest BCUT2D eigenvalue weighted by Gasteiger charge is 2.34. The number of nitrogens with zero attached hydrogens (tertiary/aromatic N) is 1. The molecule has 4 rings (SSSR count). The standard InChI is InChI=1S/C24H21FN2O3/c1-30-20-11-9-16(10-12-20)22(14-23(28)26-19-7-4-6-18(25)13-19)27-15-17-5-2-3-8-21(17)24(27)29/h2-13,22H,14-15H2,1H3,(H,26,28)/t22-/m0/s1. The molecule has 3 aromatic rings. The molecule has 0 saturated heterocycles. The van der Waals surface area contributed by atoms with Gasteiger partial charge in [-0.1, -0.05) is 36.4 Å². The molecule has 152 valence electrons. The van der Waals surface area contributed by atoms with Crippen LogP contribution in [0.5, 0.6) is 5.75 Å². The molecule has 3 aromatic carbocycles. The van der Waals surface area contributed by atoms with E-state index in [1.54, 1.807) is 36.3 Å². The lowest BCUT2D eigenvalue weighted by Gasteiger charge is -2.28. The van der Waals surface area contributed by atoms with Gasteiger partial charge < -0.3 is 15.0 Å². The van der Waals surface area contributed by atoms with Gasteiger partial charge in [0.05, 0.1) is 19.6 Å². The molecular formula is C24H21FN2O3. The molecule has 0 bridgehead atoms. The molecule has 30 heavy (non-hydrogen) atoms. The van der Waals surface area contributed by atoms with E-state index >= 15 is 0 Å². The van der Waals surface area contributed by atoms with Crippen molar-refractivity contribution < 1.29 is 18.7 Å². The van der Waals surface area contributed by atoms with Crippen LogP contribution in [-0.4, -0.2) is 23.8 Å². The molecule has 1 aliphatic rings. The summed E-state index contributed by atoms with van der Waals surface area (Å²) in [5, 5.41) is 2.72. The van der Waals surface area contributed by atoms with Crippen LogP contribution in [0.1, 0.15) is 33.9 Å². The Morgan fingerprint density at radius 2 is 1.87 bits per heavy atom. The van der Waals surface area contributed by atoms with Gasteiger partial charge in [0.15, 0.2) is 0 Å². The maximum Gasteiger partial charge on any atom is 0.255 e. The normalized spacial score (nSPS) is 13.7. The first-order chi connectivity index (χ1) is 14.5. The maximum atomic E-state index is 13.4. The van der Waals surface area contributed by atoms with Gasteiger partial charge in [0.2, 0.25) is 5.91 Å². The molecule has 0 fully saturated rings. The Hall–Kier alpha value is -3.67. The lowest BCUT2D eigenvalue weighted by atomic mass is 10.0. The van der Waals surface area contributed by atoms with Crippen LogP contribution in [0.3, 0.4) is 0 Å². The fourth-order valence-electron chi connectivity index (χ4n) is 3.72. The first-order valence-corrected chi connectivity index (χ1v) is 9.63. The summed E-state index contributed by atoms with van der Waals surface area (Å²) in [6.07, 6.45) is 0.0442. The van der Waals surface area contributed by atoms with Gasteiger partial charge in [-0.2, -0.15) is 0 Å². The number of carbonyl (C=O) groups excluding carboxylic acids is 2. The third kappa shape index (κ3) is 4.03. The third-order valence-corrected chi connectivity index (χ3v) is 5.21. The number of carbonyl (C=O) groups is 2. The van der Waals surface area contributed by atoms with Crippen molar-refractivity contribution in [3.8, 4) is 5.75 Å². The molecule has 0 spiro atoms. The van der Waals surface area contributed by atoms with Crippen molar-refractivity contribution >= 4 is 17.5 Å². The van der Waals surface area contributed by atoms with Crippen LogP contribution in [0.2, 0.25) is 0 Å². The molecule has 0 radical (unpaired) electrons. The molecule has 0 unspecified atom stereocenters. The average molecular weight is 404 g/mol. The van der Waals surface area contributed by atoms with Crippen LogP contribution in [0.4, 0.5) is 10.1 Å². The SMILES string of the molecule is COc1ccc([C@H](CC(=O)Nc2cccc(F)c2)N2Cc3ccccc3C2=O)cc1. The summed E-state index contributed by atoms with van der Waals surface area (Å²) in [6.45, 7) is 0.430. The molecule has 1 aliphatic heterocycles. The zero-order valence-electron chi connectivity index (χ0n) is 16.5. The van der Waals surface area contributed by atoms with Gasteiger partial charge in [0.25, 0.3) is 5.91 Å². The Kier molecular flexibility index (Phi) is 5.48. The molecule has 0 aromatic heterocycles. The Balaban J connectivity index is 1.60. The van der Waals surface area contributed by atoms with E-state index in [9.17, 15) is 14.0 Å². The lowest BCUT2D eigenvalue weighted by Crippen LogP contribution is -2.32. The van der Waals surface area contributed by atoms with Gasteiger partial charge in [0.1, 0.15) is 11.6 Å². The Bertz CT molecular complexity index is 1080. The summed E-state index contributed by atoms with van der Waals surface area (Å²) >= 11 is 0. The summed E-state index contributed by atoms with van der Waals surface area (Å²) in [4.78, 5) is 27.5. The lowest BCUT2D eigenvalue weighted by molar-refractivity contribution is -0.117. The number of fused-ring (bicyclic) bond motifs is 1. The highest BCUT2D eigenvalue weighted by atomic mass is 19.1. The Morgan fingerprint density at radius 1 is 1.10 bits per heavy atom. The van der Waals surface area contributed by atoms with Gasteiger partial charge in [-0.25, -0.2) is 4.39 Å². The van der Waals surface area contributed by atoms with Crippen molar-refractivity contribution in [2.24, 2.45) is 0 Å². The van der Waals surface area contributed by atoms with Crippen LogP contribution < -0.4 is 10.1 Å². The molecule has 1 N–H and O–H groups in total. The predicted octanol–water partition coefficient (Wildman–Crippen LogP) is 4.56. The molecule has 0 aliphatic carbocycles. The number of anilines is 1. The van der Waals surface area contributed by atoms with E-state index in [-0.39, 0.29) is 18.2 Å². The topological polar surface area (TPSA) is 58.6 Å². The number of rotatable bonds is 6. The fraction of sp³-hybridized carbons (Fsp3) is 0.167. The third-order valence-electron chi connectivity index (χ3n) is 5.21. The van der Waals surface area contributed by atoms with Crippen molar-refractivity contribution in [1.82, 2.24) is 4.90 Å². The van der Waals surface area contributed by atoms with E-state index in [0.29, 0.717) is 23.5 Å². The molecule has 0 saturated carbocycles. The quantitative estimate of drug-likeness (QED) is 0.655. The highest BCUT2D eigenvalue weighted by Crippen LogP contribution is 2.34. The van der Waals surface area contributed by atoms with E-state index in [4.69, 9.17) is 4.74 Å². The molecule has 5 nitrogen and oxygen atoms in total. The van der Waals surface area contributed by atoms with Crippen LogP contribution >= 0.6 is 0 Å². The molecule has 1 heterocycles. The van der Waals surface area contributed by atoms with Crippen LogP contribution in [0.15, 0.2) is 72.8 Å². The molecule has 1 atom stereocenters. The summed E-state index contributed by atoms with van der Waals surface area (Å²) in [7, 11) is 1.58. The average Bonchev–Trinajstić information content (AvgIpc) is 3.09. The predicted molar refractivity (Wildman–Crippen MR) is 112 cm³/mol. The van der Waals surface area contributed by atoms with E-state index in [2.05, 4.69) is 5.32 Å². The number of benzene rings is 3. The first kappa shape index (κ1) is 19.6. The molecular weight excluding hydrogens is 383 g/mol. The van der Waals surface area contributed by atoms with Crippen molar-refractivity contribution in [3.63, 3.8) is 0 Å². The fourth-order valence-corrected chi connectivity index (χ4v) is 3.72. The summed E-state index contributed by atoms with van der Waals surface area (Å²) < 4.78 is 18.7. The summed E-state index contributed by atoms with van der Waals surface area (Å²) in [6, 6.07) is 20.0. The smallest absolute Gasteiger partial charge is 0.255 e. The van der Waals surface area contributed by atoms with E-state index in [0.717, 1.165) is 11.1 Å². The molecule has 2 amide bonds. The minimum atomic E-state index is -0.468. The van der Waals surface area contributed by atoms with Gasteiger partial charge in [-0.3, -0.25) is 9.59 Å². The minimum absolute atomic E-state index is 0.0442. The number of hydrogen-bond donors (Lipinski definition) is 1. The van der Waals surface area contributed by atoms with Crippen molar-refractivity contribution in [1.29, 1.82) is 0 Å². The monoisotopic (exact) mass is 404 g/mol. The second-order valence-electron chi connectivity index (χ2n) is 7.14. The zero-order valence-corrected chi connectivity index (χ0v) is 16.5. The van der Waals surface area contributed by atoms with Crippen LogP contribution in [0, 0.1) is 5.82 Å². The van der Waals surface area contributed by atoms with Crippen LogP contribution in [-0.2, 0) is 11.3 Å². The number of nitrogens with one attached hydrogen (secondary N) is 1. The number of ether oxygens (including phenoxy) is 1. The maximum absolute atomic E-state index is 13.4. The van der Waals surface area contributed by atoms with Crippen LogP contribution in [0.25, 0.3) is 0 Å². The van der Waals surface area contributed by atoms with Crippen molar-refractivity contribution in [2.45, 2.75) is 19.0 Å². The summed E-state index contributed by atoms with van der Waals surface area (Å²) in [5.74, 6) is -0.141. The van der Waals surface area contributed by atoms with E-state index < -0.39 is 11.9 Å². The van der Waals surface area contributed by atoms with E-state index in [1.807, 2.05) is 30.3 Å². The minimum Gasteiger partial charge on any atom is -0.497 e. The Labute approximate surface area is 174 Å². The summed E-state index contributed by atoms with van der Waals surface area (Å²) in [5.41, 5.74) is 2.80. The first-order valence-electron chi connectivity index (χ1n) is 9.63. The number of amides is 2. The van der Waals surface area contributed by atoms with Gasteiger partial charge in [-0.15, -0.1) is 0 Å². The highest BCUT2D eigenvalue weighted by molar-refractivity contribution is 5.99. The van der Waals surface area contributed by atoms with E-state index in [1.165, 1.54) is 18.2 Å². The van der Waals surface area contributed by atoms with Crippen molar-refractivity contribution in [2.75, 3.05) is 12.4 Å². The zero-order chi connectivity index (χ0) is 21.1. The molecule has 6 heteroatoms. The Morgan fingerprint density at radius 3 is 2.57 bits per heavy atom. The number of hydrogen-bond acceptors (Lipinski definition) is 3. The second-order valence-corrected chi connectivity index (χ2v) is 7.14. The van der Waals surface area contributed by atoms with Crippen molar-refractivity contribution in [3.05, 3.63) is 95.3 Å². The second kappa shape index (κ2) is 8.37.